The van der Waals surface area contributed by atoms with Crippen molar-refractivity contribution >= 4 is 40.9 Å². The zero-order chi connectivity index (χ0) is 19.4. The van der Waals surface area contributed by atoms with Crippen LogP contribution in [-0.4, -0.2) is 32.4 Å². The Morgan fingerprint density at radius 2 is 1.93 bits per heavy atom. The van der Waals surface area contributed by atoms with Crippen LogP contribution in [0.3, 0.4) is 0 Å². The van der Waals surface area contributed by atoms with Crippen LogP contribution in [0, 0.1) is 0 Å². The molecule has 0 fully saturated rings. The maximum Gasteiger partial charge on any atom is 0.234 e. The van der Waals surface area contributed by atoms with Crippen molar-refractivity contribution in [3.63, 3.8) is 0 Å². The number of hydrogen-bond donors (Lipinski definition) is 1. The molecule has 3 aromatic rings. The minimum Gasteiger partial charge on any atom is -0.545 e. The Morgan fingerprint density at radius 3 is 2.63 bits per heavy atom. The Labute approximate surface area is 164 Å². The largest absolute Gasteiger partial charge is 0.545 e. The number of nitrogens with zero attached hydrogens (tertiary/aromatic N) is 3. The van der Waals surface area contributed by atoms with Gasteiger partial charge in [0.2, 0.25) is 5.91 Å². The first-order valence-corrected chi connectivity index (χ1v) is 9.20. The number of anilines is 1. The molecule has 0 saturated heterocycles. The maximum absolute atomic E-state index is 12.1. The normalized spacial score (nSPS) is 10.6. The highest BCUT2D eigenvalue weighted by atomic mass is 35.5. The predicted octanol–water partition coefficient (Wildman–Crippen LogP) is 2.23. The Bertz CT molecular complexity index is 989. The van der Waals surface area contributed by atoms with Crippen LogP contribution >= 0.6 is 23.4 Å². The topological polar surface area (TPSA) is 99.9 Å². The Balaban J connectivity index is 1.63. The van der Waals surface area contributed by atoms with Gasteiger partial charge in [0, 0.05) is 23.3 Å². The average molecular weight is 402 g/mol. The number of aromatic nitrogens is 3. The van der Waals surface area contributed by atoms with Crippen LogP contribution in [0.15, 0.2) is 53.7 Å². The summed E-state index contributed by atoms with van der Waals surface area (Å²) in [6.07, 6.45) is 0. The van der Waals surface area contributed by atoms with E-state index >= 15 is 0 Å². The number of carbonyl (C=O) groups is 2. The van der Waals surface area contributed by atoms with Crippen LogP contribution in [0.4, 0.5) is 5.69 Å². The van der Waals surface area contributed by atoms with Crippen molar-refractivity contribution in [3.8, 4) is 11.4 Å². The molecule has 0 saturated carbocycles. The molecule has 0 bridgehead atoms. The van der Waals surface area contributed by atoms with Crippen molar-refractivity contribution in [3.05, 3.63) is 59.1 Å². The fraction of sp³-hybridized carbons (Fsp3) is 0.111. The highest BCUT2D eigenvalue weighted by Gasteiger charge is 2.13. The summed E-state index contributed by atoms with van der Waals surface area (Å²) in [5.41, 5.74) is 1.26. The average Bonchev–Trinajstić information content (AvgIpc) is 3.01. The van der Waals surface area contributed by atoms with Gasteiger partial charge in [-0.1, -0.05) is 35.5 Å². The van der Waals surface area contributed by atoms with Gasteiger partial charge < -0.3 is 19.8 Å². The molecule has 0 atom stereocenters. The zero-order valence-electron chi connectivity index (χ0n) is 14.2. The van der Waals surface area contributed by atoms with Crippen molar-refractivity contribution in [2.75, 3.05) is 11.1 Å². The minimum absolute atomic E-state index is 0.00126. The van der Waals surface area contributed by atoms with E-state index < -0.39 is 5.97 Å². The lowest BCUT2D eigenvalue weighted by atomic mass is 10.2. The summed E-state index contributed by atoms with van der Waals surface area (Å²) < 4.78 is 1.79. The van der Waals surface area contributed by atoms with Crippen LogP contribution in [-0.2, 0) is 11.8 Å². The quantitative estimate of drug-likeness (QED) is 0.636. The second-order valence-corrected chi connectivity index (χ2v) is 6.96. The van der Waals surface area contributed by atoms with E-state index in [9.17, 15) is 14.7 Å². The van der Waals surface area contributed by atoms with E-state index in [1.165, 1.54) is 30.0 Å². The van der Waals surface area contributed by atoms with Gasteiger partial charge >= 0.3 is 0 Å². The number of rotatable bonds is 6. The van der Waals surface area contributed by atoms with Gasteiger partial charge in [-0.25, -0.2) is 0 Å². The van der Waals surface area contributed by atoms with E-state index in [0.717, 1.165) is 5.56 Å². The molecular weight excluding hydrogens is 388 g/mol. The van der Waals surface area contributed by atoms with Gasteiger partial charge in [-0.2, -0.15) is 0 Å². The van der Waals surface area contributed by atoms with Crippen LogP contribution in [0.25, 0.3) is 11.4 Å². The molecule has 1 N–H and O–H groups in total. The molecule has 0 spiro atoms. The summed E-state index contributed by atoms with van der Waals surface area (Å²) in [5.74, 6) is -0.820. The number of carbonyl (C=O) groups excluding carboxylic acids is 2. The molecular formula is C18H14ClN4O3S-. The summed E-state index contributed by atoms with van der Waals surface area (Å²) in [6, 6.07) is 13.1. The summed E-state index contributed by atoms with van der Waals surface area (Å²) in [6.45, 7) is 0. The number of hydrogen-bond acceptors (Lipinski definition) is 6. The van der Waals surface area contributed by atoms with Crippen LogP contribution in [0.1, 0.15) is 10.4 Å². The number of aromatic carboxylic acids is 1. The number of thioether (sulfide) groups is 1. The van der Waals surface area contributed by atoms with Crippen molar-refractivity contribution in [2.45, 2.75) is 5.16 Å². The van der Waals surface area contributed by atoms with E-state index in [1.807, 2.05) is 19.2 Å². The van der Waals surface area contributed by atoms with Crippen molar-refractivity contribution in [2.24, 2.45) is 7.05 Å². The van der Waals surface area contributed by atoms with Gasteiger partial charge in [-0.15, -0.1) is 10.2 Å². The lowest BCUT2D eigenvalue weighted by Crippen LogP contribution is -2.22. The lowest BCUT2D eigenvalue weighted by Gasteiger charge is -2.08. The zero-order valence-corrected chi connectivity index (χ0v) is 15.8. The second kappa shape index (κ2) is 8.24. The molecule has 0 radical (unpaired) electrons. The minimum atomic E-state index is -1.30. The molecule has 0 aliphatic heterocycles. The van der Waals surface area contributed by atoms with Crippen molar-refractivity contribution in [1.82, 2.24) is 14.8 Å². The molecule has 7 nitrogen and oxygen atoms in total. The monoisotopic (exact) mass is 401 g/mol. The molecule has 9 heteroatoms. The predicted molar refractivity (Wildman–Crippen MR) is 102 cm³/mol. The van der Waals surface area contributed by atoms with Crippen LogP contribution in [0.5, 0.6) is 0 Å². The first-order chi connectivity index (χ1) is 12.9. The molecule has 0 unspecified atom stereocenters. The van der Waals surface area contributed by atoms with E-state index in [4.69, 9.17) is 11.6 Å². The number of amides is 1. The van der Waals surface area contributed by atoms with Gasteiger partial charge in [0.05, 0.1) is 11.7 Å². The standard InChI is InChI=1S/C18H15ClN4O3S/c1-23-16(11-5-7-13(19)8-6-11)21-22-18(23)27-10-15(24)20-14-4-2-3-12(9-14)17(25)26/h2-9H,10H2,1H3,(H,20,24)(H,25,26)/p-1. The molecule has 0 aliphatic rings. The summed E-state index contributed by atoms with van der Waals surface area (Å²) in [5, 5.41) is 23.0. The van der Waals surface area contributed by atoms with Crippen molar-refractivity contribution < 1.29 is 14.7 Å². The number of nitrogens with one attached hydrogen (secondary N) is 1. The van der Waals surface area contributed by atoms with E-state index in [0.29, 0.717) is 21.7 Å². The number of halogens is 1. The molecule has 1 amide bonds. The molecule has 1 aromatic heterocycles. The third-order valence-electron chi connectivity index (χ3n) is 3.65. The van der Waals surface area contributed by atoms with E-state index in [-0.39, 0.29) is 17.2 Å². The third-order valence-corrected chi connectivity index (χ3v) is 4.92. The lowest BCUT2D eigenvalue weighted by molar-refractivity contribution is -0.255. The summed E-state index contributed by atoms with van der Waals surface area (Å²) >= 11 is 7.12. The van der Waals surface area contributed by atoms with Crippen LogP contribution in [0.2, 0.25) is 5.02 Å². The Kier molecular flexibility index (Phi) is 5.78. The highest BCUT2D eigenvalue weighted by Crippen LogP contribution is 2.24. The second-order valence-electron chi connectivity index (χ2n) is 5.58. The molecule has 0 aliphatic carbocycles. The van der Waals surface area contributed by atoms with E-state index in [2.05, 4.69) is 15.5 Å². The third kappa shape index (κ3) is 4.66. The first-order valence-electron chi connectivity index (χ1n) is 7.83. The van der Waals surface area contributed by atoms with Gasteiger partial charge in [0.15, 0.2) is 11.0 Å². The summed E-state index contributed by atoms with van der Waals surface area (Å²) in [7, 11) is 1.81. The molecule has 3 rings (SSSR count). The van der Waals surface area contributed by atoms with E-state index in [1.54, 1.807) is 22.8 Å². The SMILES string of the molecule is Cn1c(SCC(=O)Nc2cccc(C(=O)[O-])c2)nnc1-c1ccc(Cl)cc1. The Hall–Kier alpha value is -2.84. The number of benzene rings is 2. The van der Waals surface area contributed by atoms with Gasteiger partial charge in [-0.3, -0.25) is 4.79 Å². The molecule has 27 heavy (non-hydrogen) atoms. The first kappa shape index (κ1) is 18.9. The highest BCUT2D eigenvalue weighted by molar-refractivity contribution is 7.99. The number of carboxylic acid groups (broad SMARTS) is 1. The fourth-order valence-corrected chi connectivity index (χ4v) is 3.18. The van der Waals surface area contributed by atoms with Gasteiger partial charge in [0.25, 0.3) is 0 Å². The molecule has 2 aromatic carbocycles. The Morgan fingerprint density at radius 1 is 1.19 bits per heavy atom. The smallest absolute Gasteiger partial charge is 0.234 e. The molecule has 1 heterocycles. The maximum atomic E-state index is 12.1. The van der Waals surface area contributed by atoms with Gasteiger partial charge in [0.1, 0.15) is 0 Å². The number of carboxylic acids is 1. The fourth-order valence-electron chi connectivity index (χ4n) is 2.34. The van der Waals surface area contributed by atoms with Crippen molar-refractivity contribution in [1.29, 1.82) is 0 Å². The summed E-state index contributed by atoms with van der Waals surface area (Å²) in [4.78, 5) is 23.0. The van der Waals surface area contributed by atoms with Crippen LogP contribution < -0.4 is 10.4 Å². The van der Waals surface area contributed by atoms with Gasteiger partial charge in [-0.05, 0) is 42.0 Å². The molecule has 138 valence electrons.